The van der Waals surface area contributed by atoms with Crippen LogP contribution >= 0.6 is 0 Å². The molecule has 0 bridgehead atoms. The lowest BCUT2D eigenvalue weighted by Crippen LogP contribution is -2.44. The van der Waals surface area contributed by atoms with Crippen LogP contribution in [-0.2, 0) is 27.3 Å². The summed E-state index contributed by atoms with van der Waals surface area (Å²) in [5.74, 6) is -2.51. The fourth-order valence-corrected chi connectivity index (χ4v) is 2.52. The highest BCUT2D eigenvalue weighted by Gasteiger charge is 2.31. The number of rotatable bonds is 9. The Morgan fingerprint density at radius 2 is 1.87 bits per heavy atom. The summed E-state index contributed by atoms with van der Waals surface area (Å²) in [5, 5.41) is 15.6. The summed E-state index contributed by atoms with van der Waals surface area (Å²) in [6.07, 6.45) is -1.25. The van der Waals surface area contributed by atoms with Gasteiger partial charge in [-0.3, -0.25) is 0 Å². The van der Waals surface area contributed by atoms with Gasteiger partial charge in [0.25, 0.3) is 11.6 Å². The Bertz CT molecular complexity index is 902. The van der Waals surface area contributed by atoms with Gasteiger partial charge in [-0.15, -0.1) is 0 Å². The predicted molar refractivity (Wildman–Crippen MR) is 108 cm³/mol. The van der Waals surface area contributed by atoms with E-state index in [-0.39, 0.29) is 36.8 Å². The summed E-state index contributed by atoms with van der Waals surface area (Å²) < 4.78 is 20.8. The van der Waals surface area contributed by atoms with Crippen LogP contribution in [0.1, 0.15) is 49.4 Å². The number of carbonyl (C=O) groups is 3. The lowest BCUT2D eigenvalue weighted by atomic mass is 10.1. The van der Waals surface area contributed by atoms with Crippen molar-refractivity contribution in [3.8, 4) is 5.88 Å². The molecule has 168 valence electrons. The van der Waals surface area contributed by atoms with Gasteiger partial charge in [0.1, 0.15) is 18.2 Å². The van der Waals surface area contributed by atoms with Crippen LogP contribution in [0, 0.1) is 0 Å². The van der Waals surface area contributed by atoms with Crippen molar-refractivity contribution in [2.45, 2.75) is 52.4 Å². The number of ether oxygens (including phenoxy) is 3. The average Bonchev–Trinajstić information content (AvgIpc) is 3.08. The van der Waals surface area contributed by atoms with Crippen LogP contribution in [0.4, 0.5) is 4.79 Å². The Balaban J connectivity index is 2.26. The molecule has 2 N–H and O–H groups in total. The van der Waals surface area contributed by atoms with E-state index in [1.807, 2.05) is 30.3 Å². The zero-order valence-electron chi connectivity index (χ0n) is 17.8. The van der Waals surface area contributed by atoms with Crippen LogP contribution in [0.2, 0.25) is 0 Å². The summed E-state index contributed by atoms with van der Waals surface area (Å²) in [7, 11) is 0. The smallest absolute Gasteiger partial charge is 0.408 e. The van der Waals surface area contributed by atoms with Crippen LogP contribution in [0.25, 0.3) is 0 Å². The maximum atomic E-state index is 12.2. The predicted octanol–water partition coefficient (Wildman–Crippen LogP) is 2.95. The quantitative estimate of drug-likeness (QED) is 0.571. The van der Waals surface area contributed by atoms with Gasteiger partial charge in [-0.25, -0.2) is 14.4 Å². The zero-order valence-corrected chi connectivity index (χ0v) is 17.8. The second-order valence-electron chi connectivity index (χ2n) is 7.53. The second kappa shape index (κ2) is 10.5. The molecule has 1 aromatic heterocycles. The molecule has 31 heavy (non-hydrogen) atoms. The van der Waals surface area contributed by atoms with Crippen molar-refractivity contribution in [2.75, 3.05) is 6.61 Å². The second-order valence-corrected chi connectivity index (χ2v) is 7.53. The topological polar surface area (TPSA) is 137 Å². The van der Waals surface area contributed by atoms with Crippen molar-refractivity contribution in [1.82, 2.24) is 10.5 Å². The van der Waals surface area contributed by atoms with Gasteiger partial charge in [0.15, 0.2) is 0 Å². The number of carbonyl (C=O) groups excluding carboxylic acids is 2. The highest BCUT2D eigenvalue weighted by atomic mass is 16.6. The number of hydrogen-bond donors (Lipinski definition) is 2. The lowest BCUT2D eigenvalue weighted by Gasteiger charge is -2.22. The number of esters is 1. The van der Waals surface area contributed by atoms with Crippen LogP contribution in [0.15, 0.2) is 34.9 Å². The number of amides is 1. The van der Waals surface area contributed by atoms with Gasteiger partial charge in [-0.1, -0.05) is 30.3 Å². The van der Waals surface area contributed by atoms with Gasteiger partial charge in [-0.05, 0) is 38.4 Å². The number of carboxylic acid groups (broad SMARTS) is 1. The van der Waals surface area contributed by atoms with E-state index < -0.39 is 29.7 Å². The maximum absolute atomic E-state index is 12.2. The number of aromatic nitrogens is 1. The van der Waals surface area contributed by atoms with Crippen LogP contribution in [0.5, 0.6) is 5.88 Å². The molecule has 1 unspecified atom stereocenters. The average molecular weight is 434 g/mol. The van der Waals surface area contributed by atoms with Gasteiger partial charge >= 0.3 is 18.0 Å². The number of benzene rings is 1. The summed E-state index contributed by atoms with van der Waals surface area (Å²) >= 11 is 0. The number of hydrogen-bond acceptors (Lipinski definition) is 8. The number of alkyl carbamates (subject to hydrolysis) is 1. The molecule has 2 rings (SSSR count). The largest absolute Gasteiger partial charge is 0.480 e. The third-order valence-corrected chi connectivity index (χ3v) is 3.83. The Kier molecular flexibility index (Phi) is 8.00. The van der Waals surface area contributed by atoms with Crippen molar-refractivity contribution in [3.05, 3.63) is 47.2 Å². The van der Waals surface area contributed by atoms with Crippen molar-refractivity contribution >= 4 is 18.0 Å². The molecule has 0 saturated heterocycles. The van der Waals surface area contributed by atoms with E-state index in [0.717, 1.165) is 5.56 Å². The van der Waals surface area contributed by atoms with E-state index >= 15 is 0 Å². The molecule has 1 amide bonds. The Hall–Kier alpha value is -3.56. The third-order valence-electron chi connectivity index (χ3n) is 3.83. The van der Waals surface area contributed by atoms with E-state index in [0.29, 0.717) is 0 Å². The summed E-state index contributed by atoms with van der Waals surface area (Å²) in [5.41, 5.74) is 0.0818. The lowest BCUT2D eigenvalue weighted by molar-refractivity contribution is -0.139. The van der Waals surface area contributed by atoms with Crippen LogP contribution < -0.4 is 10.1 Å². The van der Waals surface area contributed by atoms with Crippen molar-refractivity contribution < 1.29 is 38.2 Å². The number of carboxylic acids is 1. The molecule has 10 nitrogen and oxygen atoms in total. The summed E-state index contributed by atoms with van der Waals surface area (Å²) in [6, 6.07) is 7.74. The summed E-state index contributed by atoms with van der Waals surface area (Å²) in [6.45, 7) is 6.76. The Morgan fingerprint density at radius 3 is 2.45 bits per heavy atom. The molecule has 10 heteroatoms. The van der Waals surface area contributed by atoms with Gasteiger partial charge < -0.3 is 29.2 Å². The van der Waals surface area contributed by atoms with E-state index in [9.17, 15) is 19.5 Å². The molecular formula is C21H26N2O8. The first-order valence-corrected chi connectivity index (χ1v) is 9.65. The van der Waals surface area contributed by atoms with E-state index in [4.69, 9.17) is 18.7 Å². The van der Waals surface area contributed by atoms with Crippen LogP contribution in [-0.4, -0.2) is 46.5 Å². The minimum atomic E-state index is -1.43. The van der Waals surface area contributed by atoms with Crippen molar-refractivity contribution in [2.24, 2.45) is 0 Å². The molecule has 1 aromatic carbocycles. The van der Waals surface area contributed by atoms with E-state index in [1.165, 1.54) is 0 Å². The minimum Gasteiger partial charge on any atom is -0.480 e. The normalized spacial score (nSPS) is 12.0. The monoisotopic (exact) mass is 434 g/mol. The number of aliphatic carboxylic acids is 1. The van der Waals surface area contributed by atoms with Gasteiger partial charge in [0.05, 0.1) is 12.2 Å². The van der Waals surface area contributed by atoms with Gasteiger partial charge in [-0.2, -0.15) is 0 Å². The summed E-state index contributed by atoms with van der Waals surface area (Å²) in [4.78, 5) is 36.0. The molecule has 0 aliphatic carbocycles. The van der Waals surface area contributed by atoms with E-state index in [2.05, 4.69) is 10.5 Å². The third kappa shape index (κ3) is 7.32. The molecule has 0 radical (unpaired) electrons. The van der Waals surface area contributed by atoms with Gasteiger partial charge in [0.2, 0.25) is 0 Å². The molecule has 0 saturated carbocycles. The first kappa shape index (κ1) is 23.7. The highest BCUT2D eigenvalue weighted by Crippen LogP contribution is 2.25. The SMILES string of the molecule is CCOC(=O)c1onc(OCc2ccccc2)c1CC(NC(=O)OC(C)(C)C)C(=O)O. The maximum Gasteiger partial charge on any atom is 0.408 e. The fourth-order valence-electron chi connectivity index (χ4n) is 2.52. The van der Waals surface area contributed by atoms with Gasteiger partial charge in [0, 0.05) is 6.42 Å². The molecule has 1 atom stereocenters. The first-order chi connectivity index (χ1) is 14.6. The van der Waals surface area contributed by atoms with Crippen molar-refractivity contribution in [3.63, 3.8) is 0 Å². The molecular weight excluding hydrogens is 408 g/mol. The van der Waals surface area contributed by atoms with Crippen molar-refractivity contribution in [1.29, 1.82) is 0 Å². The molecule has 0 aliphatic heterocycles. The minimum absolute atomic E-state index is 0.0656. The number of nitrogens with zero attached hydrogens (tertiary/aromatic N) is 1. The Morgan fingerprint density at radius 1 is 1.19 bits per heavy atom. The molecule has 2 aromatic rings. The molecule has 0 fully saturated rings. The number of nitrogens with one attached hydrogen (secondary N) is 1. The first-order valence-electron chi connectivity index (χ1n) is 9.65. The molecule has 1 heterocycles. The highest BCUT2D eigenvalue weighted by molar-refractivity contribution is 5.89. The molecule has 0 aliphatic rings. The molecule has 0 spiro atoms. The standard InChI is InChI=1S/C21H26N2O8/c1-5-28-19(26)16-14(11-15(18(24)25)22-20(27)30-21(2,3)4)17(23-31-16)29-12-13-9-7-6-8-10-13/h6-10,15H,5,11-12H2,1-4H3,(H,22,27)(H,24,25). The fraction of sp³-hybridized carbons (Fsp3) is 0.429. The van der Waals surface area contributed by atoms with Crippen LogP contribution in [0.3, 0.4) is 0 Å². The Labute approximate surface area is 179 Å². The van der Waals surface area contributed by atoms with E-state index in [1.54, 1.807) is 27.7 Å². The zero-order chi connectivity index (χ0) is 23.0.